The molecule has 2 aliphatic carbocycles. The average molecular weight is 378 g/mol. The van der Waals surface area contributed by atoms with E-state index in [9.17, 15) is 4.79 Å². The maximum atomic E-state index is 12.2. The fourth-order valence-electron chi connectivity index (χ4n) is 4.73. The molecule has 1 aromatic rings. The topological polar surface area (TPSA) is 38.3 Å². The molecular weight excluding hydrogens is 350 g/mol. The third-order valence-corrected chi connectivity index (χ3v) is 9.07. The molecule has 1 N–H and O–H groups in total. The number of thioether (sulfide) groups is 2. The van der Waals surface area contributed by atoms with Crippen LogP contribution in [-0.4, -0.2) is 30.1 Å². The number of hydrogen-bond donors (Lipinski definition) is 1. The molecule has 1 aliphatic heterocycles. The van der Waals surface area contributed by atoms with E-state index in [0.717, 1.165) is 17.6 Å². The lowest BCUT2D eigenvalue weighted by atomic mass is 9.84. The Morgan fingerprint density at radius 3 is 2.60 bits per heavy atom. The van der Waals surface area contributed by atoms with Crippen LogP contribution in [0.3, 0.4) is 0 Å². The van der Waals surface area contributed by atoms with E-state index in [0.29, 0.717) is 10.5 Å². The van der Waals surface area contributed by atoms with Crippen LogP contribution < -0.4 is 10.1 Å². The molecule has 25 heavy (non-hydrogen) atoms. The number of ether oxygens (including phenoxy) is 1. The van der Waals surface area contributed by atoms with Crippen molar-refractivity contribution >= 4 is 29.4 Å². The zero-order valence-corrected chi connectivity index (χ0v) is 16.4. The van der Waals surface area contributed by atoms with Gasteiger partial charge in [0.15, 0.2) is 6.61 Å². The van der Waals surface area contributed by atoms with Gasteiger partial charge in [-0.3, -0.25) is 4.79 Å². The molecule has 1 saturated heterocycles. The number of rotatable bonds is 6. The lowest BCUT2D eigenvalue weighted by molar-refractivity contribution is -0.124. The molecule has 4 atom stereocenters. The lowest BCUT2D eigenvalue weighted by Crippen LogP contribution is -2.42. The van der Waals surface area contributed by atoms with E-state index in [1.54, 1.807) is 0 Å². The van der Waals surface area contributed by atoms with Gasteiger partial charge in [-0.15, -0.1) is 23.5 Å². The summed E-state index contributed by atoms with van der Waals surface area (Å²) in [6.07, 6.45) is 5.44. The molecule has 4 rings (SSSR count). The summed E-state index contributed by atoms with van der Waals surface area (Å²) in [6.45, 7) is 2.27. The quantitative estimate of drug-likeness (QED) is 0.793. The number of carbonyl (C=O) groups excluding carboxylic acids is 1. The first-order valence-corrected chi connectivity index (χ1v) is 11.5. The fourth-order valence-corrected chi connectivity index (χ4v) is 7.59. The van der Waals surface area contributed by atoms with E-state index in [-0.39, 0.29) is 18.6 Å². The molecule has 1 aromatic carbocycles. The zero-order chi connectivity index (χ0) is 17.2. The van der Waals surface area contributed by atoms with E-state index in [2.05, 4.69) is 24.4 Å². The molecule has 0 unspecified atom stereocenters. The highest BCUT2D eigenvalue weighted by Gasteiger charge is 2.42. The predicted molar refractivity (Wildman–Crippen MR) is 106 cm³/mol. The Morgan fingerprint density at radius 2 is 1.96 bits per heavy atom. The van der Waals surface area contributed by atoms with Crippen molar-refractivity contribution in [3.05, 3.63) is 29.8 Å². The van der Waals surface area contributed by atoms with Crippen molar-refractivity contribution in [1.82, 2.24) is 5.32 Å². The van der Waals surface area contributed by atoms with E-state index in [1.807, 2.05) is 35.7 Å². The molecule has 2 saturated carbocycles. The number of nitrogens with one attached hydrogen (secondary N) is 1. The van der Waals surface area contributed by atoms with Crippen molar-refractivity contribution in [2.75, 3.05) is 18.1 Å². The number of hydrogen-bond acceptors (Lipinski definition) is 4. The third kappa shape index (κ3) is 4.13. The average Bonchev–Trinajstić information content (AvgIpc) is 3.37. The van der Waals surface area contributed by atoms with Crippen LogP contribution in [0.25, 0.3) is 0 Å². The Bertz CT molecular complexity index is 600. The number of amides is 1. The second-order valence-electron chi connectivity index (χ2n) is 7.63. The minimum atomic E-state index is 0.00116. The van der Waals surface area contributed by atoms with E-state index in [4.69, 9.17) is 4.74 Å². The summed E-state index contributed by atoms with van der Waals surface area (Å²) in [4.78, 5) is 12.2. The van der Waals surface area contributed by atoms with Gasteiger partial charge >= 0.3 is 0 Å². The summed E-state index contributed by atoms with van der Waals surface area (Å²) in [5.74, 6) is 5.66. The highest BCUT2D eigenvalue weighted by atomic mass is 32.2. The molecule has 136 valence electrons. The van der Waals surface area contributed by atoms with Crippen LogP contribution in [0.2, 0.25) is 0 Å². The van der Waals surface area contributed by atoms with Crippen molar-refractivity contribution in [3.8, 4) is 5.75 Å². The normalized spacial score (nSPS) is 29.7. The third-order valence-electron chi connectivity index (χ3n) is 5.97. The van der Waals surface area contributed by atoms with Gasteiger partial charge < -0.3 is 10.1 Å². The number of carbonyl (C=O) groups is 1. The standard InChI is InChI=1S/C20H27NO2S2/c1-13(18-11-14-2-3-16(18)10-14)21-19(22)12-23-17-6-4-15(5-7-17)20-24-8-9-25-20/h4-7,13-14,16,18,20H,2-3,8-12H2,1H3,(H,21,22)/t13-,14-,16-,18-/m0/s1. The monoisotopic (exact) mass is 377 g/mol. The maximum Gasteiger partial charge on any atom is 0.258 e. The molecule has 0 radical (unpaired) electrons. The van der Waals surface area contributed by atoms with Crippen LogP contribution in [0.4, 0.5) is 0 Å². The first kappa shape index (κ1) is 17.6. The van der Waals surface area contributed by atoms with Crippen molar-refractivity contribution in [2.24, 2.45) is 17.8 Å². The minimum absolute atomic E-state index is 0.00116. The molecule has 3 nitrogen and oxygen atoms in total. The summed E-state index contributed by atoms with van der Waals surface area (Å²) in [5, 5.41) is 3.16. The van der Waals surface area contributed by atoms with Gasteiger partial charge in [-0.25, -0.2) is 0 Å². The van der Waals surface area contributed by atoms with E-state index < -0.39 is 0 Å². The highest BCUT2D eigenvalue weighted by Crippen LogP contribution is 2.49. The Kier molecular flexibility index (Phi) is 5.51. The minimum Gasteiger partial charge on any atom is -0.484 e. The molecule has 1 amide bonds. The van der Waals surface area contributed by atoms with Crippen molar-refractivity contribution in [1.29, 1.82) is 0 Å². The molecular formula is C20H27NO2S2. The zero-order valence-electron chi connectivity index (χ0n) is 14.8. The Hall–Kier alpha value is -0.810. The Balaban J connectivity index is 1.23. The molecule has 1 heterocycles. The van der Waals surface area contributed by atoms with Crippen molar-refractivity contribution < 1.29 is 9.53 Å². The summed E-state index contributed by atoms with van der Waals surface area (Å²) in [6, 6.07) is 8.50. The van der Waals surface area contributed by atoms with Crippen LogP contribution in [0.1, 0.15) is 42.8 Å². The SMILES string of the molecule is C[C@H](NC(=O)COc1ccc(C2SCCS2)cc1)[C@@H]1C[C@H]2CC[C@H]1C2. The van der Waals surface area contributed by atoms with Crippen LogP contribution >= 0.6 is 23.5 Å². The van der Waals surface area contributed by atoms with Gasteiger partial charge in [0.25, 0.3) is 5.91 Å². The van der Waals surface area contributed by atoms with Gasteiger partial charge in [-0.2, -0.15) is 0 Å². The van der Waals surface area contributed by atoms with Gasteiger partial charge in [0.2, 0.25) is 0 Å². The Morgan fingerprint density at radius 1 is 1.20 bits per heavy atom. The maximum absolute atomic E-state index is 12.2. The summed E-state index contributed by atoms with van der Waals surface area (Å²) in [7, 11) is 0. The van der Waals surface area contributed by atoms with Gasteiger partial charge in [0.05, 0.1) is 4.58 Å². The molecule has 3 fully saturated rings. The first-order valence-electron chi connectivity index (χ1n) is 9.44. The molecule has 5 heteroatoms. The summed E-state index contributed by atoms with van der Waals surface area (Å²) >= 11 is 4.00. The molecule has 2 bridgehead atoms. The second-order valence-corrected chi connectivity index (χ2v) is 10.4. The van der Waals surface area contributed by atoms with Crippen LogP contribution in [0, 0.1) is 17.8 Å². The lowest BCUT2D eigenvalue weighted by Gasteiger charge is -2.28. The number of fused-ring (bicyclic) bond motifs is 2. The van der Waals surface area contributed by atoms with Crippen LogP contribution in [-0.2, 0) is 4.79 Å². The van der Waals surface area contributed by atoms with Crippen LogP contribution in [0.5, 0.6) is 5.75 Å². The van der Waals surface area contributed by atoms with Gasteiger partial charge in [0.1, 0.15) is 5.75 Å². The summed E-state index contributed by atoms with van der Waals surface area (Å²) in [5.41, 5.74) is 1.34. The number of benzene rings is 1. The van der Waals surface area contributed by atoms with Crippen LogP contribution in [0.15, 0.2) is 24.3 Å². The highest BCUT2D eigenvalue weighted by molar-refractivity contribution is 8.19. The smallest absolute Gasteiger partial charge is 0.258 e. The second kappa shape index (κ2) is 7.83. The van der Waals surface area contributed by atoms with Gasteiger partial charge in [0, 0.05) is 17.5 Å². The van der Waals surface area contributed by atoms with Crippen molar-refractivity contribution in [3.63, 3.8) is 0 Å². The van der Waals surface area contributed by atoms with E-state index in [1.165, 1.54) is 42.8 Å². The Labute approximate surface area is 159 Å². The van der Waals surface area contributed by atoms with E-state index >= 15 is 0 Å². The van der Waals surface area contributed by atoms with Crippen molar-refractivity contribution in [2.45, 2.75) is 43.2 Å². The fraction of sp³-hybridized carbons (Fsp3) is 0.650. The molecule has 0 aromatic heterocycles. The van der Waals surface area contributed by atoms with Gasteiger partial charge in [-0.1, -0.05) is 18.6 Å². The largest absolute Gasteiger partial charge is 0.484 e. The molecule has 0 spiro atoms. The first-order chi connectivity index (χ1) is 12.2. The van der Waals surface area contributed by atoms with Gasteiger partial charge in [-0.05, 0) is 61.6 Å². The molecule has 3 aliphatic rings. The summed E-state index contributed by atoms with van der Waals surface area (Å²) < 4.78 is 6.24. The predicted octanol–water partition coefficient (Wildman–Crippen LogP) is 4.48.